The van der Waals surface area contributed by atoms with E-state index in [1.54, 1.807) is 6.08 Å². The number of nitro groups is 1. The van der Waals surface area contributed by atoms with Crippen LogP contribution >= 0.6 is 0 Å². The lowest BCUT2D eigenvalue weighted by molar-refractivity contribution is -0.383. The number of benzene rings is 1. The van der Waals surface area contributed by atoms with Crippen molar-refractivity contribution in [2.45, 2.75) is 6.92 Å². The maximum absolute atomic E-state index is 10.7. The maximum atomic E-state index is 10.7. The molecule has 3 N–H and O–H groups in total. The number of rotatable bonds is 4. The summed E-state index contributed by atoms with van der Waals surface area (Å²) in [6.45, 7) is 2.50. The van der Waals surface area contributed by atoms with Gasteiger partial charge in [0, 0.05) is 18.2 Å². The summed E-state index contributed by atoms with van der Waals surface area (Å²) in [6, 6.07) is 3.30. The third kappa shape index (κ3) is 2.80. The number of aryl methyl sites for hydroxylation is 1. The molecular formula is C11H15N3O2. The zero-order valence-corrected chi connectivity index (χ0v) is 9.36. The molecule has 0 heterocycles. The molecule has 1 aromatic rings. The lowest BCUT2D eigenvalue weighted by Crippen LogP contribution is -2.04. The van der Waals surface area contributed by atoms with Gasteiger partial charge in [-0.05, 0) is 25.6 Å². The van der Waals surface area contributed by atoms with Crippen molar-refractivity contribution in [1.82, 2.24) is 5.32 Å². The molecule has 0 fully saturated rings. The van der Waals surface area contributed by atoms with E-state index in [1.165, 1.54) is 6.07 Å². The Morgan fingerprint density at radius 1 is 1.56 bits per heavy atom. The highest BCUT2D eigenvalue weighted by Crippen LogP contribution is 2.27. The zero-order chi connectivity index (χ0) is 12.1. The first-order valence-corrected chi connectivity index (χ1v) is 4.92. The fourth-order valence-electron chi connectivity index (χ4n) is 1.40. The van der Waals surface area contributed by atoms with Crippen LogP contribution in [0.15, 0.2) is 18.2 Å². The SMILES string of the molecule is CNCC=Cc1cc(C)cc([N+](=O)[O-])c1N. The Hall–Kier alpha value is -1.88. The summed E-state index contributed by atoms with van der Waals surface area (Å²) >= 11 is 0. The van der Waals surface area contributed by atoms with Gasteiger partial charge in [-0.2, -0.15) is 0 Å². The van der Waals surface area contributed by atoms with Crippen LogP contribution in [0, 0.1) is 17.0 Å². The minimum atomic E-state index is -0.461. The molecule has 0 bridgehead atoms. The standard InChI is InChI=1S/C11H15N3O2/c1-8-6-9(4-3-5-13-2)11(12)10(7-8)14(15)16/h3-4,6-7,13H,5,12H2,1-2H3. The number of nitrogens with two attached hydrogens (primary N) is 1. The van der Waals surface area contributed by atoms with E-state index in [0.29, 0.717) is 12.1 Å². The summed E-state index contributed by atoms with van der Waals surface area (Å²) in [4.78, 5) is 10.3. The van der Waals surface area contributed by atoms with Crippen LogP contribution in [0.2, 0.25) is 0 Å². The predicted octanol–water partition coefficient (Wildman–Crippen LogP) is 1.72. The van der Waals surface area contributed by atoms with Gasteiger partial charge in [0.2, 0.25) is 0 Å². The maximum Gasteiger partial charge on any atom is 0.292 e. The molecule has 1 rings (SSSR count). The second-order valence-electron chi connectivity index (χ2n) is 3.50. The van der Waals surface area contributed by atoms with Crippen molar-refractivity contribution in [3.8, 4) is 0 Å². The highest BCUT2D eigenvalue weighted by Gasteiger charge is 2.14. The molecule has 86 valence electrons. The first-order chi connectivity index (χ1) is 7.56. The topological polar surface area (TPSA) is 81.2 Å². The normalized spacial score (nSPS) is 10.9. The fourth-order valence-corrected chi connectivity index (χ4v) is 1.40. The van der Waals surface area contributed by atoms with E-state index in [9.17, 15) is 10.1 Å². The van der Waals surface area contributed by atoms with Crippen LogP contribution in [-0.4, -0.2) is 18.5 Å². The van der Waals surface area contributed by atoms with Gasteiger partial charge in [0.25, 0.3) is 5.69 Å². The van der Waals surface area contributed by atoms with Gasteiger partial charge in [0.1, 0.15) is 5.69 Å². The number of hydrogen-bond donors (Lipinski definition) is 2. The summed E-state index contributed by atoms with van der Waals surface area (Å²) in [6.07, 6.45) is 3.65. The van der Waals surface area contributed by atoms with E-state index in [0.717, 1.165) is 5.56 Å². The Labute approximate surface area is 94.1 Å². The molecule has 0 aliphatic heterocycles. The number of anilines is 1. The molecule has 0 saturated carbocycles. The van der Waals surface area contributed by atoms with E-state index in [4.69, 9.17) is 5.73 Å². The zero-order valence-electron chi connectivity index (χ0n) is 9.36. The van der Waals surface area contributed by atoms with Gasteiger partial charge in [-0.3, -0.25) is 10.1 Å². The number of nitrogens with one attached hydrogen (secondary N) is 1. The molecule has 16 heavy (non-hydrogen) atoms. The van der Waals surface area contributed by atoms with Gasteiger partial charge in [-0.1, -0.05) is 12.2 Å². The minimum Gasteiger partial charge on any atom is -0.393 e. The first-order valence-electron chi connectivity index (χ1n) is 4.92. The predicted molar refractivity (Wildman–Crippen MR) is 65.2 cm³/mol. The van der Waals surface area contributed by atoms with Crippen molar-refractivity contribution in [2.75, 3.05) is 19.3 Å². The quantitative estimate of drug-likeness (QED) is 0.461. The molecule has 0 amide bonds. The lowest BCUT2D eigenvalue weighted by Gasteiger charge is -2.03. The molecule has 5 nitrogen and oxygen atoms in total. The lowest BCUT2D eigenvalue weighted by atomic mass is 10.1. The molecule has 0 aliphatic carbocycles. The Kier molecular flexibility index (Phi) is 4.02. The van der Waals surface area contributed by atoms with E-state index in [1.807, 2.05) is 26.1 Å². The van der Waals surface area contributed by atoms with Crippen LogP contribution in [0.3, 0.4) is 0 Å². The van der Waals surface area contributed by atoms with Gasteiger partial charge >= 0.3 is 0 Å². The van der Waals surface area contributed by atoms with Crippen LogP contribution < -0.4 is 11.1 Å². The second-order valence-corrected chi connectivity index (χ2v) is 3.50. The smallest absolute Gasteiger partial charge is 0.292 e. The second kappa shape index (κ2) is 5.27. The first kappa shape index (κ1) is 12.2. The van der Waals surface area contributed by atoms with E-state index >= 15 is 0 Å². The molecule has 0 aromatic heterocycles. The highest BCUT2D eigenvalue weighted by molar-refractivity contribution is 5.74. The van der Waals surface area contributed by atoms with Crippen LogP contribution in [0.1, 0.15) is 11.1 Å². The van der Waals surface area contributed by atoms with Gasteiger partial charge in [-0.25, -0.2) is 0 Å². The molecule has 5 heteroatoms. The molecule has 0 unspecified atom stereocenters. The van der Waals surface area contributed by atoms with Crippen molar-refractivity contribution in [1.29, 1.82) is 0 Å². The Morgan fingerprint density at radius 2 is 2.25 bits per heavy atom. The molecule has 0 saturated heterocycles. The van der Waals surface area contributed by atoms with Crippen LogP contribution in [-0.2, 0) is 0 Å². The number of likely N-dealkylation sites (N-methyl/N-ethyl adjacent to an activating group) is 1. The van der Waals surface area contributed by atoms with Crippen LogP contribution in [0.5, 0.6) is 0 Å². The third-order valence-corrected chi connectivity index (χ3v) is 2.15. The van der Waals surface area contributed by atoms with E-state index in [2.05, 4.69) is 5.32 Å². The minimum absolute atomic E-state index is 0.0379. The van der Waals surface area contributed by atoms with Gasteiger partial charge in [0.15, 0.2) is 0 Å². The van der Waals surface area contributed by atoms with Crippen LogP contribution in [0.25, 0.3) is 6.08 Å². The summed E-state index contributed by atoms with van der Waals surface area (Å²) in [5, 5.41) is 13.7. The molecule has 0 atom stereocenters. The Bertz CT molecular complexity index is 427. The summed E-state index contributed by atoms with van der Waals surface area (Å²) < 4.78 is 0. The molecule has 0 spiro atoms. The third-order valence-electron chi connectivity index (χ3n) is 2.15. The number of nitrogen functional groups attached to an aromatic ring is 1. The number of nitrogens with zero attached hydrogens (tertiary/aromatic N) is 1. The van der Waals surface area contributed by atoms with Crippen molar-refractivity contribution < 1.29 is 4.92 Å². The summed E-state index contributed by atoms with van der Waals surface area (Å²) in [7, 11) is 1.83. The van der Waals surface area contributed by atoms with Gasteiger partial charge in [-0.15, -0.1) is 0 Å². The molecular weight excluding hydrogens is 206 g/mol. The van der Waals surface area contributed by atoms with Crippen LogP contribution in [0.4, 0.5) is 11.4 Å². The Morgan fingerprint density at radius 3 is 2.81 bits per heavy atom. The average molecular weight is 221 g/mol. The van der Waals surface area contributed by atoms with E-state index < -0.39 is 4.92 Å². The molecule has 0 aliphatic rings. The van der Waals surface area contributed by atoms with Crippen molar-refractivity contribution in [3.05, 3.63) is 39.4 Å². The fraction of sp³-hybridized carbons (Fsp3) is 0.273. The summed E-state index contributed by atoms with van der Waals surface area (Å²) in [5.74, 6) is 0. The van der Waals surface area contributed by atoms with Gasteiger partial charge < -0.3 is 11.1 Å². The highest BCUT2D eigenvalue weighted by atomic mass is 16.6. The van der Waals surface area contributed by atoms with Crippen molar-refractivity contribution in [3.63, 3.8) is 0 Å². The largest absolute Gasteiger partial charge is 0.393 e. The average Bonchev–Trinajstić information content (AvgIpc) is 2.22. The molecule has 1 aromatic carbocycles. The Balaban J connectivity index is 3.14. The summed E-state index contributed by atoms with van der Waals surface area (Å²) in [5.41, 5.74) is 7.40. The number of nitro benzene ring substituents is 1. The number of hydrogen-bond acceptors (Lipinski definition) is 4. The van der Waals surface area contributed by atoms with E-state index in [-0.39, 0.29) is 11.4 Å². The van der Waals surface area contributed by atoms with Crippen molar-refractivity contribution >= 4 is 17.5 Å². The van der Waals surface area contributed by atoms with Crippen molar-refractivity contribution in [2.24, 2.45) is 0 Å². The molecule has 0 radical (unpaired) electrons. The van der Waals surface area contributed by atoms with Gasteiger partial charge in [0.05, 0.1) is 4.92 Å². The monoisotopic (exact) mass is 221 g/mol.